The molecule has 0 aliphatic rings. The summed E-state index contributed by atoms with van der Waals surface area (Å²) in [6.45, 7) is 1.98. The molecule has 0 fully saturated rings. The summed E-state index contributed by atoms with van der Waals surface area (Å²) in [5.41, 5.74) is 0.558. The fourth-order valence-electron chi connectivity index (χ4n) is 1.83. The Bertz CT molecular complexity index is 784. The maximum atomic E-state index is 12.6. The van der Waals surface area contributed by atoms with Gasteiger partial charge in [-0.2, -0.15) is 0 Å². The van der Waals surface area contributed by atoms with Crippen LogP contribution in [0.4, 0.5) is 5.69 Å². The highest BCUT2D eigenvalue weighted by Gasteiger charge is 2.24. The molecule has 1 amide bonds. The van der Waals surface area contributed by atoms with E-state index in [-0.39, 0.29) is 15.8 Å². The molecule has 8 heteroatoms. The minimum atomic E-state index is -3.64. The van der Waals surface area contributed by atoms with E-state index in [1.807, 2.05) is 13.0 Å². The maximum Gasteiger partial charge on any atom is 0.273 e. The van der Waals surface area contributed by atoms with Gasteiger partial charge in [0, 0.05) is 25.2 Å². The van der Waals surface area contributed by atoms with Gasteiger partial charge < -0.3 is 5.32 Å². The predicted molar refractivity (Wildman–Crippen MR) is 86.9 cm³/mol. The Balaban J connectivity index is 2.38. The lowest BCUT2D eigenvalue weighted by atomic mass is 10.3. The monoisotopic (exact) mass is 339 g/mol. The molecule has 0 aromatic carbocycles. The van der Waals surface area contributed by atoms with Gasteiger partial charge in [-0.05, 0) is 30.7 Å². The number of sulfonamides is 1. The Hall–Kier alpha value is -1.93. The lowest BCUT2D eigenvalue weighted by Gasteiger charge is -2.18. The van der Waals surface area contributed by atoms with Crippen LogP contribution in [-0.4, -0.2) is 33.4 Å². The van der Waals surface area contributed by atoms with Crippen molar-refractivity contribution >= 4 is 33.0 Å². The summed E-state index contributed by atoms with van der Waals surface area (Å²) >= 11 is 1.25. The Kier molecular flexibility index (Phi) is 4.82. The van der Waals surface area contributed by atoms with E-state index in [2.05, 4.69) is 10.3 Å². The zero-order valence-electron chi connectivity index (χ0n) is 12.5. The summed E-state index contributed by atoms with van der Waals surface area (Å²) in [6.07, 6.45) is 2.21. The maximum absolute atomic E-state index is 12.6. The summed E-state index contributed by atoms with van der Waals surface area (Å²) < 4.78 is 26.7. The van der Waals surface area contributed by atoms with Gasteiger partial charge >= 0.3 is 0 Å². The van der Waals surface area contributed by atoms with Crippen molar-refractivity contribution in [1.29, 1.82) is 0 Å². The number of carbonyl (C=O) groups is 1. The minimum Gasteiger partial charge on any atom is -0.354 e. The SMILES string of the molecule is CCc1ccc(S(=O)(=O)N(C)c2ccnc(C(=O)NC)c2)s1. The average Bonchev–Trinajstić information content (AvgIpc) is 3.03. The highest BCUT2D eigenvalue weighted by Crippen LogP contribution is 2.27. The van der Waals surface area contributed by atoms with Crippen LogP contribution in [-0.2, 0) is 16.4 Å². The quantitative estimate of drug-likeness (QED) is 0.902. The standard InChI is InChI=1S/C14H17N3O3S2/c1-4-11-5-6-13(21-11)22(19,20)17(3)10-7-8-16-12(9-10)14(18)15-2/h5-9H,4H2,1-3H3,(H,15,18). The first-order valence-corrected chi connectivity index (χ1v) is 8.91. The van der Waals surface area contributed by atoms with Crippen LogP contribution in [0.3, 0.4) is 0 Å². The van der Waals surface area contributed by atoms with Gasteiger partial charge in [0.2, 0.25) is 0 Å². The lowest BCUT2D eigenvalue weighted by Crippen LogP contribution is -2.26. The van der Waals surface area contributed by atoms with Crippen molar-refractivity contribution in [3.8, 4) is 0 Å². The van der Waals surface area contributed by atoms with Crippen LogP contribution in [0.25, 0.3) is 0 Å². The second-order valence-corrected chi connectivity index (χ2v) is 7.89. The Morgan fingerprint density at radius 3 is 2.68 bits per heavy atom. The zero-order chi connectivity index (χ0) is 16.3. The molecular weight excluding hydrogens is 322 g/mol. The summed E-state index contributed by atoms with van der Waals surface area (Å²) in [6, 6.07) is 6.42. The molecule has 22 heavy (non-hydrogen) atoms. The van der Waals surface area contributed by atoms with Gasteiger partial charge in [-0.1, -0.05) is 6.92 Å². The number of thiophene rings is 1. The molecule has 0 aliphatic carbocycles. The number of nitrogens with zero attached hydrogens (tertiary/aromatic N) is 2. The molecule has 0 aliphatic heterocycles. The third-order valence-corrected chi connectivity index (χ3v) is 6.65. The van der Waals surface area contributed by atoms with Gasteiger partial charge in [-0.25, -0.2) is 8.42 Å². The minimum absolute atomic E-state index is 0.169. The van der Waals surface area contributed by atoms with Gasteiger partial charge in [-0.15, -0.1) is 11.3 Å². The van der Waals surface area contributed by atoms with Gasteiger partial charge in [0.25, 0.3) is 15.9 Å². The summed E-state index contributed by atoms with van der Waals surface area (Å²) in [5.74, 6) is -0.364. The number of rotatable bonds is 5. The second-order valence-electron chi connectivity index (χ2n) is 4.53. The second kappa shape index (κ2) is 6.45. The van der Waals surface area contributed by atoms with Crippen molar-refractivity contribution < 1.29 is 13.2 Å². The normalized spacial score (nSPS) is 11.2. The summed E-state index contributed by atoms with van der Waals surface area (Å²) in [7, 11) is -0.681. The molecule has 6 nitrogen and oxygen atoms in total. The summed E-state index contributed by atoms with van der Waals surface area (Å²) in [5, 5.41) is 2.46. The smallest absolute Gasteiger partial charge is 0.273 e. The topological polar surface area (TPSA) is 79.4 Å². The van der Waals surface area contributed by atoms with Crippen LogP contribution < -0.4 is 9.62 Å². The van der Waals surface area contributed by atoms with Crippen LogP contribution in [0.1, 0.15) is 22.3 Å². The van der Waals surface area contributed by atoms with Gasteiger partial charge in [0.05, 0.1) is 5.69 Å². The molecule has 2 heterocycles. The van der Waals surface area contributed by atoms with Crippen LogP contribution in [0.15, 0.2) is 34.7 Å². The van der Waals surface area contributed by atoms with Crippen LogP contribution in [0.5, 0.6) is 0 Å². The fraction of sp³-hybridized carbons (Fsp3) is 0.286. The van der Waals surface area contributed by atoms with Crippen molar-refractivity contribution in [3.05, 3.63) is 41.0 Å². The molecule has 0 atom stereocenters. The fourth-order valence-corrected chi connectivity index (χ4v) is 4.48. The van der Waals surface area contributed by atoms with Gasteiger partial charge in [0.1, 0.15) is 9.90 Å². The van der Waals surface area contributed by atoms with Crippen molar-refractivity contribution in [3.63, 3.8) is 0 Å². The number of pyridine rings is 1. The number of hydrogen-bond acceptors (Lipinski definition) is 5. The summed E-state index contributed by atoms with van der Waals surface area (Å²) in [4.78, 5) is 16.6. The molecule has 0 unspecified atom stereocenters. The van der Waals surface area contributed by atoms with Gasteiger partial charge in [0.15, 0.2) is 0 Å². The highest BCUT2D eigenvalue weighted by atomic mass is 32.2. The predicted octanol–water partition coefficient (Wildman–Crippen LogP) is 1.89. The van der Waals surface area contributed by atoms with Crippen LogP contribution in [0.2, 0.25) is 0 Å². The first-order valence-electron chi connectivity index (χ1n) is 6.66. The Morgan fingerprint density at radius 1 is 1.36 bits per heavy atom. The number of anilines is 1. The molecule has 1 N–H and O–H groups in total. The Morgan fingerprint density at radius 2 is 2.09 bits per heavy atom. The number of carbonyl (C=O) groups excluding carboxylic acids is 1. The number of amides is 1. The van der Waals surface area contributed by atoms with Crippen LogP contribution >= 0.6 is 11.3 Å². The number of hydrogen-bond donors (Lipinski definition) is 1. The molecule has 0 bridgehead atoms. The number of aromatic nitrogens is 1. The van der Waals surface area contributed by atoms with E-state index in [1.165, 1.54) is 37.7 Å². The average molecular weight is 339 g/mol. The first-order chi connectivity index (χ1) is 10.4. The molecule has 2 rings (SSSR count). The molecule has 0 saturated carbocycles. The highest BCUT2D eigenvalue weighted by molar-refractivity contribution is 7.94. The number of nitrogens with one attached hydrogen (secondary N) is 1. The van der Waals surface area contributed by atoms with E-state index in [1.54, 1.807) is 12.1 Å². The Labute approximate surface area is 133 Å². The van der Waals surface area contributed by atoms with Crippen molar-refractivity contribution in [2.24, 2.45) is 0 Å². The van der Waals surface area contributed by atoms with Gasteiger partial charge in [-0.3, -0.25) is 14.1 Å². The van der Waals surface area contributed by atoms with E-state index < -0.39 is 10.0 Å². The molecule has 2 aromatic rings. The molecule has 0 radical (unpaired) electrons. The molecule has 2 aromatic heterocycles. The number of aryl methyl sites for hydroxylation is 1. The van der Waals surface area contributed by atoms with Crippen LogP contribution in [0, 0.1) is 0 Å². The molecule has 118 valence electrons. The lowest BCUT2D eigenvalue weighted by molar-refractivity contribution is 0.0958. The molecule has 0 saturated heterocycles. The third kappa shape index (κ3) is 3.12. The van der Waals surface area contributed by atoms with E-state index in [0.29, 0.717) is 5.69 Å². The first kappa shape index (κ1) is 16.4. The van der Waals surface area contributed by atoms with Crippen molar-refractivity contribution in [1.82, 2.24) is 10.3 Å². The molecular formula is C14H17N3O3S2. The van der Waals surface area contributed by atoms with E-state index in [0.717, 1.165) is 15.6 Å². The van der Waals surface area contributed by atoms with E-state index in [4.69, 9.17) is 0 Å². The van der Waals surface area contributed by atoms with E-state index >= 15 is 0 Å². The molecule has 0 spiro atoms. The van der Waals surface area contributed by atoms with E-state index in [9.17, 15) is 13.2 Å². The largest absolute Gasteiger partial charge is 0.354 e. The third-order valence-electron chi connectivity index (χ3n) is 3.17. The zero-order valence-corrected chi connectivity index (χ0v) is 14.2. The van der Waals surface area contributed by atoms with Crippen molar-refractivity contribution in [2.45, 2.75) is 17.6 Å². The van der Waals surface area contributed by atoms with Crippen molar-refractivity contribution in [2.75, 3.05) is 18.4 Å².